The summed E-state index contributed by atoms with van der Waals surface area (Å²) < 4.78 is 15.3. The van der Waals surface area contributed by atoms with Crippen molar-refractivity contribution in [3.8, 4) is 0 Å². The highest BCUT2D eigenvalue weighted by atomic mass is 16.6. The van der Waals surface area contributed by atoms with E-state index in [-0.39, 0.29) is 18.5 Å². The van der Waals surface area contributed by atoms with Gasteiger partial charge in [-0.1, -0.05) is 6.07 Å². The van der Waals surface area contributed by atoms with E-state index in [1.165, 1.54) is 12.1 Å². The van der Waals surface area contributed by atoms with E-state index in [9.17, 15) is 24.3 Å². The summed E-state index contributed by atoms with van der Waals surface area (Å²) in [6.45, 7) is 10.4. The van der Waals surface area contributed by atoms with Crippen LogP contribution in [0.1, 0.15) is 69.4 Å². The van der Waals surface area contributed by atoms with E-state index in [0.717, 1.165) is 7.11 Å². The van der Waals surface area contributed by atoms with Crippen molar-refractivity contribution in [1.82, 2.24) is 5.32 Å². The van der Waals surface area contributed by atoms with E-state index in [2.05, 4.69) is 5.32 Å². The number of nitrogens with one attached hydrogen (secondary N) is 1. The molecule has 1 atom stereocenters. The molecule has 0 saturated carbocycles. The van der Waals surface area contributed by atoms with Gasteiger partial charge in [-0.3, -0.25) is 4.79 Å². The average Bonchev–Trinajstić information content (AvgIpc) is 2.62. The van der Waals surface area contributed by atoms with Gasteiger partial charge in [0.2, 0.25) is 0 Å². The number of ether oxygens (including phenoxy) is 3. The molecule has 0 aliphatic rings. The summed E-state index contributed by atoms with van der Waals surface area (Å²) in [5.41, 5.74) is -0.0974. The van der Waals surface area contributed by atoms with Crippen molar-refractivity contribution in [2.75, 3.05) is 7.11 Å². The summed E-state index contributed by atoms with van der Waals surface area (Å²) in [4.78, 5) is 47.7. The third-order valence-electron chi connectivity index (χ3n) is 4.08. The fourth-order valence-corrected chi connectivity index (χ4v) is 2.81. The number of carboxylic acids is 1. The van der Waals surface area contributed by atoms with Crippen LogP contribution in [0.4, 0.5) is 4.79 Å². The van der Waals surface area contributed by atoms with Crippen molar-refractivity contribution >= 4 is 24.0 Å². The minimum Gasteiger partial charge on any atom is -0.550 e. The van der Waals surface area contributed by atoms with Crippen LogP contribution in [0.15, 0.2) is 18.2 Å². The maximum atomic E-state index is 12.5. The number of carbonyl (C=O) groups is 4. The lowest BCUT2D eigenvalue weighted by atomic mass is 9.91. The smallest absolute Gasteiger partial charge is 0.407 e. The van der Waals surface area contributed by atoms with E-state index in [1.54, 1.807) is 47.6 Å². The highest BCUT2D eigenvalue weighted by molar-refractivity contribution is 5.90. The zero-order chi connectivity index (χ0) is 24.7. The SMILES string of the molecule is COC(=O)C(CC(=O)[O-])Cc1cc(C(=O)OC(C)(C)C)ccc1CNC(=O)OC(C)(C)C. The standard InChI is InChI=1S/C23H33NO8/c1-22(2,3)31-20(28)14-8-9-15(13-24-21(29)32-23(4,5)6)16(10-14)11-17(12-18(25)26)19(27)30-7/h8-10,17H,11-13H2,1-7H3,(H,24,29)(H,25,26)/p-1. The Hall–Kier alpha value is -3.10. The van der Waals surface area contributed by atoms with Crippen molar-refractivity contribution < 1.29 is 38.5 Å². The van der Waals surface area contributed by atoms with Crippen LogP contribution in [0.3, 0.4) is 0 Å². The summed E-state index contributed by atoms with van der Waals surface area (Å²) in [6, 6.07) is 4.67. The van der Waals surface area contributed by atoms with Gasteiger partial charge in [0.25, 0.3) is 0 Å². The molecule has 0 radical (unpaired) electrons. The Bertz CT molecular complexity index is 849. The van der Waals surface area contributed by atoms with Gasteiger partial charge in [0, 0.05) is 18.9 Å². The number of hydrogen-bond acceptors (Lipinski definition) is 8. The molecule has 0 spiro atoms. The van der Waals surface area contributed by atoms with Crippen LogP contribution in [0.5, 0.6) is 0 Å². The summed E-state index contributed by atoms with van der Waals surface area (Å²) in [5, 5.41) is 13.7. The van der Waals surface area contributed by atoms with Crippen LogP contribution >= 0.6 is 0 Å². The lowest BCUT2D eigenvalue weighted by molar-refractivity contribution is -0.306. The van der Waals surface area contributed by atoms with Crippen LogP contribution in [0.2, 0.25) is 0 Å². The Morgan fingerprint density at radius 2 is 1.56 bits per heavy atom. The summed E-state index contributed by atoms with van der Waals surface area (Å²) in [7, 11) is 1.16. The molecule has 0 aliphatic heterocycles. The number of methoxy groups -OCH3 is 1. The summed E-state index contributed by atoms with van der Waals surface area (Å²) >= 11 is 0. The molecule has 1 aromatic carbocycles. The van der Waals surface area contributed by atoms with Crippen molar-refractivity contribution in [3.63, 3.8) is 0 Å². The van der Waals surface area contributed by atoms with Crippen LogP contribution in [0.25, 0.3) is 0 Å². The van der Waals surface area contributed by atoms with Gasteiger partial charge < -0.3 is 29.4 Å². The molecule has 0 heterocycles. The first-order valence-electron chi connectivity index (χ1n) is 10.2. The second kappa shape index (κ2) is 11.0. The molecule has 0 aliphatic carbocycles. The molecule has 178 valence electrons. The van der Waals surface area contributed by atoms with Crippen LogP contribution in [0, 0.1) is 5.92 Å². The van der Waals surface area contributed by atoms with E-state index >= 15 is 0 Å². The summed E-state index contributed by atoms with van der Waals surface area (Å²) in [6.07, 6.45) is -1.23. The molecular formula is C23H32NO8-. The maximum absolute atomic E-state index is 12.5. The Kier molecular flexibility index (Phi) is 9.23. The Morgan fingerprint density at radius 3 is 2.06 bits per heavy atom. The first-order valence-corrected chi connectivity index (χ1v) is 10.2. The Labute approximate surface area is 188 Å². The first kappa shape index (κ1) is 26.9. The van der Waals surface area contributed by atoms with Gasteiger partial charge in [-0.05, 0) is 71.2 Å². The molecule has 32 heavy (non-hydrogen) atoms. The van der Waals surface area contributed by atoms with Crippen molar-refractivity contribution in [3.05, 3.63) is 34.9 Å². The fraction of sp³-hybridized carbons (Fsp3) is 0.565. The number of benzene rings is 1. The van der Waals surface area contributed by atoms with E-state index in [4.69, 9.17) is 14.2 Å². The minimum atomic E-state index is -1.41. The lowest BCUT2D eigenvalue weighted by Crippen LogP contribution is -2.33. The van der Waals surface area contributed by atoms with Crippen molar-refractivity contribution in [1.29, 1.82) is 0 Å². The van der Waals surface area contributed by atoms with E-state index < -0.39 is 47.5 Å². The van der Waals surface area contributed by atoms with Crippen LogP contribution in [-0.2, 0) is 36.8 Å². The molecule has 1 rings (SSSR count). The molecule has 9 heteroatoms. The van der Waals surface area contributed by atoms with Crippen LogP contribution < -0.4 is 10.4 Å². The number of esters is 2. The topological polar surface area (TPSA) is 131 Å². The average molecular weight is 451 g/mol. The molecule has 0 saturated heterocycles. The monoisotopic (exact) mass is 450 g/mol. The predicted octanol–water partition coefficient (Wildman–Crippen LogP) is 2.14. The van der Waals surface area contributed by atoms with Gasteiger partial charge >= 0.3 is 18.0 Å². The lowest BCUT2D eigenvalue weighted by Gasteiger charge is -2.22. The molecule has 1 aromatic rings. The first-order chi connectivity index (χ1) is 14.6. The third kappa shape index (κ3) is 9.80. The highest BCUT2D eigenvalue weighted by Crippen LogP contribution is 2.22. The van der Waals surface area contributed by atoms with Gasteiger partial charge in [-0.2, -0.15) is 0 Å². The predicted molar refractivity (Wildman–Crippen MR) is 114 cm³/mol. The molecule has 0 fully saturated rings. The molecule has 0 aromatic heterocycles. The third-order valence-corrected chi connectivity index (χ3v) is 4.08. The molecule has 0 bridgehead atoms. The van der Waals surface area contributed by atoms with E-state index in [0.29, 0.717) is 11.1 Å². The van der Waals surface area contributed by atoms with E-state index in [1.807, 2.05) is 0 Å². The second-order valence-electron chi connectivity index (χ2n) is 9.34. The zero-order valence-electron chi connectivity index (χ0n) is 19.7. The zero-order valence-corrected chi connectivity index (χ0v) is 19.7. The maximum Gasteiger partial charge on any atom is 0.407 e. The number of alkyl carbamates (subject to hydrolysis) is 1. The van der Waals surface area contributed by atoms with Crippen molar-refractivity contribution in [2.45, 2.75) is 72.1 Å². The van der Waals surface area contributed by atoms with Gasteiger partial charge in [0.15, 0.2) is 0 Å². The Morgan fingerprint density at radius 1 is 0.969 bits per heavy atom. The van der Waals surface area contributed by atoms with Gasteiger partial charge in [0.1, 0.15) is 11.2 Å². The molecular weight excluding hydrogens is 418 g/mol. The van der Waals surface area contributed by atoms with Crippen LogP contribution in [-0.4, -0.2) is 42.3 Å². The van der Waals surface area contributed by atoms with Crippen molar-refractivity contribution in [2.24, 2.45) is 5.92 Å². The summed E-state index contributed by atoms with van der Waals surface area (Å²) in [5.74, 6) is -3.72. The second-order valence-corrected chi connectivity index (χ2v) is 9.34. The fourth-order valence-electron chi connectivity index (χ4n) is 2.81. The number of rotatable bonds is 8. The number of carbonyl (C=O) groups excluding carboxylic acids is 4. The highest BCUT2D eigenvalue weighted by Gasteiger charge is 2.24. The minimum absolute atomic E-state index is 0.0391. The molecule has 1 unspecified atom stereocenters. The number of aliphatic carboxylic acids is 1. The number of carboxylic acid groups (broad SMARTS) is 1. The number of amides is 1. The Balaban J connectivity index is 3.23. The molecule has 1 amide bonds. The molecule has 1 N–H and O–H groups in total. The molecule has 9 nitrogen and oxygen atoms in total. The van der Waals surface area contributed by atoms with Gasteiger partial charge in [-0.15, -0.1) is 0 Å². The van der Waals surface area contributed by atoms with Gasteiger partial charge in [-0.25, -0.2) is 9.59 Å². The number of hydrogen-bond donors (Lipinski definition) is 1. The normalized spacial score (nSPS) is 12.5. The largest absolute Gasteiger partial charge is 0.550 e. The quantitative estimate of drug-likeness (QED) is 0.471. The van der Waals surface area contributed by atoms with Gasteiger partial charge in [0.05, 0.1) is 18.6 Å².